The van der Waals surface area contributed by atoms with Crippen LogP contribution in [0.2, 0.25) is 0 Å². The number of pyridine rings is 1. The van der Waals surface area contributed by atoms with E-state index in [2.05, 4.69) is 0 Å². The Morgan fingerprint density at radius 2 is 2.00 bits per heavy atom. The number of hydrogen-bond acceptors (Lipinski definition) is 3. The van der Waals surface area contributed by atoms with Crippen molar-refractivity contribution in [3.8, 4) is 17.2 Å². The average Bonchev–Trinajstić information content (AvgIpc) is 2.48. The van der Waals surface area contributed by atoms with E-state index in [-0.39, 0.29) is 22.1 Å². The second-order valence-electron chi connectivity index (χ2n) is 5.24. The molecule has 4 nitrogen and oxygen atoms in total. The lowest BCUT2D eigenvalue weighted by molar-refractivity contribution is 0.413. The number of aromatic nitrogens is 1. The molecule has 0 saturated heterocycles. The Morgan fingerprint density at radius 1 is 1.23 bits per heavy atom. The molecule has 6 heteroatoms. The monoisotopic (exact) mass is 300 g/mol. The minimum Gasteiger partial charge on any atom is -0.450 e. The lowest BCUT2D eigenvalue weighted by Gasteiger charge is -2.24. The fourth-order valence-corrected chi connectivity index (χ4v) is 2.74. The van der Waals surface area contributed by atoms with Crippen molar-refractivity contribution in [1.82, 2.24) is 4.57 Å². The van der Waals surface area contributed by atoms with Gasteiger partial charge in [-0.05, 0) is 25.1 Å². The van der Waals surface area contributed by atoms with Crippen molar-refractivity contribution in [2.45, 2.75) is 6.92 Å². The second-order valence-corrected chi connectivity index (χ2v) is 5.24. The normalized spacial score (nSPS) is 12.1. The highest BCUT2D eigenvalue weighted by molar-refractivity contribution is 5.89. The predicted octanol–water partition coefficient (Wildman–Crippen LogP) is 3.27. The van der Waals surface area contributed by atoms with Gasteiger partial charge < -0.3 is 15.0 Å². The van der Waals surface area contributed by atoms with Crippen LogP contribution in [0.25, 0.3) is 16.6 Å². The van der Waals surface area contributed by atoms with Crippen molar-refractivity contribution in [2.24, 2.45) is 0 Å². The summed E-state index contributed by atoms with van der Waals surface area (Å²) in [6.45, 7) is 1.62. The summed E-state index contributed by atoms with van der Waals surface area (Å²) in [5, 5.41) is 0.0800. The first-order valence-corrected chi connectivity index (χ1v) is 6.59. The summed E-state index contributed by atoms with van der Waals surface area (Å²) < 4.78 is 35.0. The number of nitrogens with two attached hydrogens (primary N) is 1. The molecular formula is C16H10F2N2O2. The zero-order valence-corrected chi connectivity index (χ0v) is 11.5. The molecule has 0 spiro atoms. The van der Waals surface area contributed by atoms with Crippen molar-refractivity contribution >= 4 is 16.6 Å². The van der Waals surface area contributed by atoms with Gasteiger partial charge in [-0.15, -0.1) is 0 Å². The van der Waals surface area contributed by atoms with Crippen LogP contribution < -0.4 is 15.9 Å². The lowest BCUT2D eigenvalue weighted by atomic mass is 10.1. The molecule has 0 saturated carbocycles. The largest absolute Gasteiger partial charge is 0.450 e. The van der Waals surface area contributed by atoms with Crippen LogP contribution in [0.4, 0.5) is 14.5 Å². The highest BCUT2D eigenvalue weighted by Gasteiger charge is 2.26. The summed E-state index contributed by atoms with van der Waals surface area (Å²) in [4.78, 5) is 12.2. The van der Waals surface area contributed by atoms with Gasteiger partial charge in [0, 0.05) is 23.5 Å². The molecule has 0 aliphatic carbocycles. The first-order chi connectivity index (χ1) is 10.5. The minimum atomic E-state index is -1.13. The maximum atomic E-state index is 14.1. The summed E-state index contributed by atoms with van der Waals surface area (Å²) in [5.41, 5.74) is 7.05. The van der Waals surface area contributed by atoms with E-state index in [0.717, 1.165) is 6.07 Å². The molecule has 1 aliphatic heterocycles. The van der Waals surface area contributed by atoms with E-state index in [4.69, 9.17) is 10.5 Å². The summed E-state index contributed by atoms with van der Waals surface area (Å²) in [6.07, 6.45) is 1.59. The Labute approximate surface area is 123 Å². The van der Waals surface area contributed by atoms with Gasteiger partial charge in [-0.25, -0.2) is 4.39 Å². The third kappa shape index (κ3) is 1.52. The average molecular weight is 300 g/mol. The van der Waals surface area contributed by atoms with Gasteiger partial charge in [0.1, 0.15) is 5.52 Å². The number of nitrogen functional groups attached to an aromatic ring is 1. The minimum absolute atomic E-state index is 0.0800. The van der Waals surface area contributed by atoms with E-state index in [1.807, 2.05) is 0 Å². The highest BCUT2D eigenvalue weighted by Crippen LogP contribution is 2.42. The van der Waals surface area contributed by atoms with E-state index in [0.29, 0.717) is 22.7 Å². The molecule has 0 fully saturated rings. The molecule has 1 aromatic heterocycles. The van der Waals surface area contributed by atoms with Gasteiger partial charge in [0.15, 0.2) is 22.7 Å². The Balaban J connectivity index is 2.26. The van der Waals surface area contributed by atoms with Gasteiger partial charge in [0.25, 0.3) is 0 Å². The zero-order valence-electron chi connectivity index (χ0n) is 11.5. The van der Waals surface area contributed by atoms with Crippen LogP contribution in [0.1, 0.15) is 5.56 Å². The number of rotatable bonds is 0. The quantitative estimate of drug-likeness (QED) is 0.507. The molecule has 2 aromatic carbocycles. The second kappa shape index (κ2) is 4.07. The molecule has 2 N–H and O–H groups in total. The van der Waals surface area contributed by atoms with Crippen molar-refractivity contribution in [2.75, 3.05) is 5.73 Å². The van der Waals surface area contributed by atoms with Crippen LogP contribution >= 0.6 is 0 Å². The summed E-state index contributed by atoms with van der Waals surface area (Å²) in [6, 6.07) is 5.82. The fraction of sp³-hybridized carbons (Fsp3) is 0.0625. The Hall–Kier alpha value is -2.89. The number of fused-ring (bicyclic) bond motifs is 2. The Kier molecular flexibility index (Phi) is 2.37. The smallest absolute Gasteiger partial charge is 0.203 e. The highest BCUT2D eigenvalue weighted by atomic mass is 19.2. The van der Waals surface area contributed by atoms with Crippen LogP contribution in [0.15, 0.2) is 35.3 Å². The maximum absolute atomic E-state index is 14.1. The predicted molar refractivity (Wildman–Crippen MR) is 78.7 cm³/mol. The molecule has 0 atom stereocenters. The van der Waals surface area contributed by atoms with Crippen LogP contribution in [0, 0.1) is 18.6 Å². The number of hydrogen-bond donors (Lipinski definition) is 1. The SMILES string of the molecule is Cc1cn2c3c(c(F)c(F)cc3c1=O)Oc1cc(N)ccc1-2. The molecule has 3 aromatic rings. The Bertz CT molecular complexity index is 1030. The van der Waals surface area contributed by atoms with Crippen molar-refractivity contribution in [3.63, 3.8) is 0 Å². The van der Waals surface area contributed by atoms with E-state index in [1.54, 1.807) is 29.8 Å². The standard InChI is InChI=1S/C16H10F2N2O2/c1-7-6-20-11-3-2-8(19)4-12(11)22-16-13(18)10(17)5-9(14(16)20)15(7)21/h2-6H,19H2,1H3. The molecule has 0 bridgehead atoms. The van der Waals surface area contributed by atoms with Crippen molar-refractivity contribution < 1.29 is 13.5 Å². The summed E-state index contributed by atoms with van der Waals surface area (Å²) in [5.74, 6) is -2.24. The lowest BCUT2D eigenvalue weighted by Crippen LogP contribution is -2.16. The topological polar surface area (TPSA) is 57.2 Å². The van der Waals surface area contributed by atoms with Gasteiger partial charge in [-0.1, -0.05) is 0 Å². The van der Waals surface area contributed by atoms with Crippen LogP contribution in [0.3, 0.4) is 0 Å². The van der Waals surface area contributed by atoms with Gasteiger partial charge in [0.05, 0.1) is 11.1 Å². The molecule has 110 valence electrons. The maximum Gasteiger partial charge on any atom is 0.203 e. The van der Waals surface area contributed by atoms with Crippen LogP contribution in [-0.4, -0.2) is 4.57 Å². The summed E-state index contributed by atoms with van der Waals surface area (Å²) in [7, 11) is 0. The first kappa shape index (κ1) is 12.8. The fourth-order valence-electron chi connectivity index (χ4n) is 2.74. The molecule has 4 rings (SSSR count). The van der Waals surface area contributed by atoms with Gasteiger partial charge in [0.2, 0.25) is 5.82 Å². The van der Waals surface area contributed by atoms with Crippen LogP contribution in [-0.2, 0) is 0 Å². The van der Waals surface area contributed by atoms with E-state index < -0.39 is 11.6 Å². The van der Waals surface area contributed by atoms with E-state index in [9.17, 15) is 13.6 Å². The molecule has 2 heterocycles. The molecule has 1 aliphatic rings. The van der Waals surface area contributed by atoms with E-state index in [1.165, 1.54) is 6.07 Å². The zero-order chi connectivity index (χ0) is 15.6. The Morgan fingerprint density at radius 3 is 2.77 bits per heavy atom. The van der Waals surface area contributed by atoms with Crippen LogP contribution in [0.5, 0.6) is 11.5 Å². The van der Waals surface area contributed by atoms with Gasteiger partial charge >= 0.3 is 0 Å². The number of benzene rings is 2. The van der Waals surface area contributed by atoms with Gasteiger partial charge in [-0.2, -0.15) is 4.39 Å². The van der Waals surface area contributed by atoms with E-state index >= 15 is 0 Å². The molecule has 0 radical (unpaired) electrons. The molecular weight excluding hydrogens is 290 g/mol. The number of ether oxygens (including phenoxy) is 1. The van der Waals surface area contributed by atoms with Crippen molar-refractivity contribution in [3.05, 3.63) is 57.9 Å². The first-order valence-electron chi connectivity index (χ1n) is 6.59. The number of anilines is 1. The molecule has 0 unspecified atom stereocenters. The summed E-state index contributed by atoms with van der Waals surface area (Å²) >= 11 is 0. The number of halogens is 2. The third-order valence-electron chi connectivity index (χ3n) is 3.77. The van der Waals surface area contributed by atoms with Gasteiger partial charge in [-0.3, -0.25) is 4.79 Å². The number of nitrogens with zero attached hydrogens (tertiary/aromatic N) is 1. The van der Waals surface area contributed by atoms with Crippen molar-refractivity contribution in [1.29, 1.82) is 0 Å². The molecule has 0 amide bonds. The third-order valence-corrected chi connectivity index (χ3v) is 3.77. The molecule has 22 heavy (non-hydrogen) atoms. The number of aryl methyl sites for hydroxylation is 1.